The smallest absolute Gasteiger partial charge is 0.116 e. The van der Waals surface area contributed by atoms with Gasteiger partial charge in [-0.1, -0.05) is 17.8 Å². The van der Waals surface area contributed by atoms with Gasteiger partial charge in [0.1, 0.15) is 5.75 Å². The van der Waals surface area contributed by atoms with Gasteiger partial charge in [-0.15, -0.1) is 0 Å². The Kier molecular flexibility index (Phi) is 2.07. The van der Waals surface area contributed by atoms with E-state index in [4.69, 9.17) is 0 Å². The predicted molar refractivity (Wildman–Crippen MR) is 66.7 cm³/mol. The number of fused-ring (bicyclic) bond motifs is 2. The fourth-order valence-corrected chi connectivity index (χ4v) is 2.79. The van der Waals surface area contributed by atoms with Crippen molar-refractivity contribution in [2.24, 2.45) is 0 Å². The van der Waals surface area contributed by atoms with E-state index in [2.05, 4.69) is 30.4 Å². The average molecular weight is 229 g/mol. The molecule has 0 amide bonds. The molecule has 16 heavy (non-hydrogen) atoms. The molecule has 0 unspecified atom stereocenters. The minimum atomic E-state index is 0.309. The Morgan fingerprint density at radius 3 is 2.75 bits per heavy atom. The highest BCUT2D eigenvalue weighted by atomic mass is 32.2. The fourth-order valence-electron chi connectivity index (χ4n) is 1.79. The molecule has 80 valence electrons. The van der Waals surface area contributed by atoms with E-state index in [-0.39, 0.29) is 0 Å². The summed E-state index contributed by atoms with van der Waals surface area (Å²) in [4.78, 5) is 2.26. The third kappa shape index (κ3) is 1.53. The molecule has 0 atom stereocenters. The molecule has 3 rings (SSSR count). The lowest BCUT2D eigenvalue weighted by molar-refractivity contribution is 0.474. The van der Waals surface area contributed by atoms with E-state index in [0.717, 1.165) is 16.3 Å². The van der Waals surface area contributed by atoms with Crippen molar-refractivity contribution in [1.29, 1.82) is 0 Å². The van der Waals surface area contributed by atoms with Crippen molar-refractivity contribution in [3.63, 3.8) is 0 Å². The predicted octanol–water partition coefficient (Wildman–Crippen LogP) is 3.91. The van der Waals surface area contributed by atoms with E-state index >= 15 is 0 Å². The van der Waals surface area contributed by atoms with Gasteiger partial charge in [0.15, 0.2) is 0 Å². The first-order valence-electron chi connectivity index (χ1n) is 5.11. The van der Waals surface area contributed by atoms with Crippen LogP contribution < -0.4 is 5.32 Å². The number of hydrogen-bond acceptors (Lipinski definition) is 3. The summed E-state index contributed by atoms with van der Waals surface area (Å²) in [6.45, 7) is 2.08. The molecule has 0 aromatic heterocycles. The Labute approximate surface area is 98.3 Å². The quantitative estimate of drug-likeness (QED) is 0.573. The van der Waals surface area contributed by atoms with Gasteiger partial charge in [0, 0.05) is 9.79 Å². The molecule has 1 aliphatic rings. The summed E-state index contributed by atoms with van der Waals surface area (Å²) >= 11 is 1.68. The largest absolute Gasteiger partial charge is 0.508 e. The number of hydrogen-bond donors (Lipinski definition) is 2. The van der Waals surface area contributed by atoms with E-state index in [9.17, 15) is 5.11 Å². The monoisotopic (exact) mass is 229 g/mol. The van der Waals surface area contributed by atoms with Gasteiger partial charge in [0.2, 0.25) is 0 Å². The Morgan fingerprint density at radius 1 is 1.00 bits per heavy atom. The SMILES string of the molecule is Cc1ccc2c(c1)Nc1ccc(O)cc1S2. The highest BCUT2D eigenvalue weighted by molar-refractivity contribution is 7.99. The van der Waals surface area contributed by atoms with Gasteiger partial charge in [-0.25, -0.2) is 0 Å². The summed E-state index contributed by atoms with van der Waals surface area (Å²) in [6, 6.07) is 11.7. The lowest BCUT2D eigenvalue weighted by Crippen LogP contribution is -1.99. The Morgan fingerprint density at radius 2 is 1.88 bits per heavy atom. The second kappa shape index (κ2) is 3.46. The van der Waals surface area contributed by atoms with Crippen LogP contribution in [0, 0.1) is 6.92 Å². The van der Waals surface area contributed by atoms with Crippen molar-refractivity contribution in [1.82, 2.24) is 0 Å². The normalized spacial score (nSPS) is 12.6. The first kappa shape index (κ1) is 9.60. The van der Waals surface area contributed by atoms with Crippen LogP contribution in [0.4, 0.5) is 11.4 Å². The summed E-state index contributed by atoms with van der Waals surface area (Å²) in [5.74, 6) is 0.309. The number of rotatable bonds is 0. The Balaban J connectivity index is 2.09. The molecular weight excluding hydrogens is 218 g/mol. The van der Waals surface area contributed by atoms with Crippen LogP contribution in [-0.4, -0.2) is 5.11 Å². The molecular formula is C13H11NOS. The summed E-state index contributed by atoms with van der Waals surface area (Å²) in [5, 5.41) is 12.8. The van der Waals surface area contributed by atoms with Gasteiger partial charge < -0.3 is 10.4 Å². The minimum Gasteiger partial charge on any atom is -0.508 e. The van der Waals surface area contributed by atoms with Crippen LogP contribution in [-0.2, 0) is 0 Å². The summed E-state index contributed by atoms with van der Waals surface area (Å²) in [6.07, 6.45) is 0. The van der Waals surface area contributed by atoms with Gasteiger partial charge in [0.25, 0.3) is 0 Å². The van der Waals surface area contributed by atoms with Crippen LogP contribution in [0.15, 0.2) is 46.2 Å². The van der Waals surface area contributed by atoms with Gasteiger partial charge in [-0.05, 0) is 42.8 Å². The van der Waals surface area contributed by atoms with E-state index < -0.39 is 0 Å². The first-order valence-corrected chi connectivity index (χ1v) is 5.92. The van der Waals surface area contributed by atoms with Crippen LogP contribution in [0.3, 0.4) is 0 Å². The van der Waals surface area contributed by atoms with Crippen LogP contribution in [0.5, 0.6) is 5.75 Å². The number of anilines is 2. The maximum absolute atomic E-state index is 9.44. The standard InChI is InChI=1S/C13H11NOS/c1-8-2-5-12-11(6-8)14-10-4-3-9(15)7-13(10)16-12/h2-7,14-15H,1H3. The van der Waals surface area contributed by atoms with Crippen molar-refractivity contribution in [3.05, 3.63) is 42.0 Å². The molecule has 1 aliphatic heterocycles. The number of aromatic hydroxyl groups is 1. The molecule has 0 saturated heterocycles. The number of aryl methyl sites for hydroxylation is 1. The van der Waals surface area contributed by atoms with Crippen molar-refractivity contribution in [2.45, 2.75) is 16.7 Å². The minimum absolute atomic E-state index is 0.309. The number of benzene rings is 2. The van der Waals surface area contributed by atoms with Crippen molar-refractivity contribution >= 4 is 23.1 Å². The molecule has 2 nitrogen and oxygen atoms in total. The zero-order valence-electron chi connectivity index (χ0n) is 8.82. The van der Waals surface area contributed by atoms with Crippen molar-refractivity contribution in [3.8, 4) is 5.75 Å². The lowest BCUT2D eigenvalue weighted by Gasteiger charge is -2.21. The van der Waals surface area contributed by atoms with Crippen LogP contribution >= 0.6 is 11.8 Å². The molecule has 0 fully saturated rings. The molecule has 0 aliphatic carbocycles. The lowest BCUT2D eigenvalue weighted by atomic mass is 10.2. The molecule has 2 aromatic carbocycles. The molecule has 2 aromatic rings. The van der Waals surface area contributed by atoms with Gasteiger partial charge in [0.05, 0.1) is 11.4 Å². The molecule has 1 heterocycles. The second-order valence-corrected chi connectivity index (χ2v) is 4.99. The molecule has 3 heteroatoms. The Bertz CT molecular complexity index is 514. The van der Waals surface area contributed by atoms with Crippen LogP contribution in [0.25, 0.3) is 0 Å². The topological polar surface area (TPSA) is 32.3 Å². The highest BCUT2D eigenvalue weighted by Crippen LogP contribution is 2.45. The summed E-state index contributed by atoms with van der Waals surface area (Å²) in [5.41, 5.74) is 3.44. The molecule has 0 bridgehead atoms. The van der Waals surface area contributed by atoms with Crippen molar-refractivity contribution in [2.75, 3.05) is 5.32 Å². The summed E-state index contributed by atoms with van der Waals surface area (Å²) < 4.78 is 0. The van der Waals surface area contributed by atoms with Crippen LogP contribution in [0.2, 0.25) is 0 Å². The van der Waals surface area contributed by atoms with Crippen LogP contribution in [0.1, 0.15) is 5.56 Å². The molecule has 2 N–H and O–H groups in total. The Hall–Kier alpha value is -1.61. The number of phenolic OH excluding ortho intramolecular Hbond substituents is 1. The van der Waals surface area contributed by atoms with Gasteiger partial charge in [-0.3, -0.25) is 0 Å². The molecule has 0 radical (unpaired) electrons. The molecule has 0 saturated carbocycles. The summed E-state index contributed by atoms with van der Waals surface area (Å²) in [7, 11) is 0. The first-order chi connectivity index (χ1) is 7.72. The highest BCUT2D eigenvalue weighted by Gasteiger charge is 2.15. The maximum Gasteiger partial charge on any atom is 0.116 e. The fraction of sp³-hybridized carbons (Fsp3) is 0.0769. The van der Waals surface area contributed by atoms with E-state index in [1.165, 1.54) is 10.5 Å². The van der Waals surface area contributed by atoms with E-state index in [1.54, 1.807) is 23.9 Å². The third-order valence-electron chi connectivity index (χ3n) is 2.59. The second-order valence-electron chi connectivity index (χ2n) is 3.91. The van der Waals surface area contributed by atoms with Crippen molar-refractivity contribution < 1.29 is 5.11 Å². The van der Waals surface area contributed by atoms with E-state index in [1.807, 2.05) is 6.07 Å². The van der Waals surface area contributed by atoms with E-state index in [0.29, 0.717) is 5.75 Å². The number of nitrogens with one attached hydrogen (secondary N) is 1. The number of phenols is 1. The zero-order valence-corrected chi connectivity index (χ0v) is 9.64. The maximum atomic E-state index is 9.44. The zero-order chi connectivity index (χ0) is 11.1. The molecule has 0 spiro atoms. The third-order valence-corrected chi connectivity index (χ3v) is 3.72. The van der Waals surface area contributed by atoms with Gasteiger partial charge in [-0.2, -0.15) is 0 Å². The van der Waals surface area contributed by atoms with Gasteiger partial charge >= 0.3 is 0 Å². The average Bonchev–Trinajstić information content (AvgIpc) is 2.26.